The fourth-order valence-electron chi connectivity index (χ4n) is 2.24. The highest BCUT2D eigenvalue weighted by atomic mass is 32.1. The minimum Gasteiger partial charge on any atom is -0.477 e. The molecular formula is C16H15N3O3S. The third-order valence-electron chi connectivity index (χ3n) is 3.39. The van der Waals surface area contributed by atoms with Crippen LogP contribution in [0, 0.1) is 6.92 Å². The normalized spacial score (nSPS) is 12.3. The second kappa shape index (κ2) is 6.31. The lowest BCUT2D eigenvalue weighted by atomic mass is 10.1. The highest BCUT2D eigenvalue weighted by Crippen LogP contribution is 2.27. The lowest BCUT2D eigenvalue weighted by Crippen LogP contribution is -2.09. The summed E-state index contributed by atoms with van der Waals surface area (Å²) in [4.78, 5) is 15.6. The molecule has 0 aliphatic carbocycles. The first-order chi connectivity index (χ1) is 11.0. The van der Waals surface area contributed by atoms with Gasteiger partial charge in [0, 0.05) is 6.20 Å². The van der Waals surface area contributed by atoms with Crippen LogP contribution in [0.15, 0.2) is 42.6 Å². The first kappa shape index (κ1) is 15.4. The van der Waals surface area contributed by atoms with Gasteiger partial charge in [-0.1, -0.05) is 30.3 Å². The first-order valence-electron chi connectivity index (χ1n) is 7.02. The van der Waals surface area contributed by atoms with Crippen LogP contribution < -0.4 is 0 Å². The predicted molar refractivity (Wildman–Crippen MR) is 86.4 cm³/mol. The molecule has 23 heavy (non-hydrogen) atoms. The van der Waals surface area contributed by atoms with Gasteiger partial charge in [-0.15, -0.1) is 11.3 Å². The summed E-state index contributed by atoms with van der Waals surface area (Å²) in [5.41, 5.74) is 1.91. The lowest BCUT2D eigenvalue weighted by molar-refractivity contribution is 0.0701. The van der Waals surface area contributed by atoms with Crippen molar-refractivity contribution in [3.63, 3.8) is 0 Å². The summed E-state index contributed by atoms with van der Waals surface area (Å²) in [6.45, 7) is 1.99. The molecule has 0 saturated heterocycles. The van der Waals surface area contributed by atoms with Crippen molar-refractivity contribution < 1.29 is 15.0 Å². The summed E-state index contributed by atoms with van der Waals surface area (Å²) in [6.07, 6.45) is 1.09. The van der Waals surface area contributed by atoms with Gasteiger partial charge in [0.15, 0.2) is 0 Å². The van der Waals surface area contributed by atoms with Crippen LogP contribution in [0.4, 0.5) is 0 Å². The molecule has 7 heteroatoms. The van der Waals surface area contributed by atoms with Crippen LogP contribution in [0.3, 0.4) is 0 Å². The molecule has 2 heterocycles. The standard InChI is InChI=1S/C16H15N3O3S/c1-10-14(16(21)22)23-15(17-10)12-7-8-19(18-12)9-13(20)11-5-3-2-4-6-11/h2-8,13,20H,9H2,1H3,(H,21,22). The molecule has 3 rings (SSSR count). The monoisotopic (exact) mass is 329 g/mol. The van der Waals surface area contributed by atoms with E-state index in [1.165, 1.54) is 0 Å². The highest BCUT2D eigenvalue weighted by molar-refractivity contribution is 7.17. The van der Waals surface area contributed by atoms with Gasteiger partial charge in [-0.05, 0) is 18.6 Å². The summed E-state index contributed by atoms with van der Waals surface area (Å²) in [5, 5.41) is 24.2. The molecule has 1 atom stereocenters. The number of aromatic carboxylic acids is 1. The van der Waals surface area contributed by atoms with Gasteiger partial charge in [0.25, 0.3) is 0 Å². The molecule has 0 aliphatic rings. The van der Waals surface area contributed by atoms with Crippen LogP contribution in [-0.2, 0) is 6.54 Å². The summed E-state index contributed by atoms with van der Waals surface area (Å²) in [6, 6.07) is 11.1. The van der Waals surface area contributed by atoms with E-state index in [0.29, 0.717) is 22.9 Å². The van der Waals surface area contributed by atoms with E-state index in [9.17, 15) is 9.90 Å². The van der Waals surface area contributed by atoms with Crippen LogP contribution in [0.25, 0.3) is 10.7 Å². The van der Waals surface area contributed by atoms with Crippen LogP contribution in [0.1, 0.15) is 27.0 Å². The van der Waals surface area contributed by atoms with Crippen molar-refractivity contribution in [2.24, 2.45) is 0 Å². The molecule has 0 amide bonds. The van der Waals surface area contributed by atoms with Crippen molar-refractivity contribution in [1.82, 2.24) is 14.8 Å². The van der Waals surface area contributed by atoms with E-state index in [1.807, 2.05) is 30.3 Å². The van der Waals surface area contributed by atoms with E-state index >= 15 is 0 Å². The summed E-state index contributed by atoms with van der Waals surface area (Å²) >= 11 is 1.10. The number of benzene rings is 1. The largest absolute Gasteiger partial charge is 0.477 e. The van der Waals surface area contributed by atoms with Gasteiger partial charge in [-0.25, -0.2) is 9.78 Å². The minimum absolute atomic E-state index is 0.221. The molecule has 3 aromatic rings. The van der Waals surface area contributed by atoms with E-state index < -0.39 is 12.1 Å². The van der Waals surface area contributed by atoms with Crippen molar-refractivity contribution >= 4 is 17.3 Å². The van der Waals surface area contributed by atoms with Crippen molar-refractivity contribution in [2.45, 2.75) is 19.6 Å². The zero-order valence-electron chi connectivity index (χ0n) is 12.4. The van der Waals surface area contributed by atoms with Gasteiger partial charge in [-0.2, -0.15) is 5.10 Å². The number of nitrogens with zero attached hydrogens (tertiary/aromatic N) is 3. The van der Waals surface area contributed by atoms with Gasteiger partial charge in [-0.3, -0.25) is 4.68 Å². The number of rotatable bonds is 5. The van der Waals surface area contributed by atoms with E-state index in [4.69, 9.17) is 5.11 Å². The first-order valence-corrected chi connectivity index (χ1v) is 7.84. The molecule has 0 aliphatic heterocycles. The van der Waals surface area contributed by atoms with Gasteiger partial charge < -0.3 is 10.2 Å². The van der Waals surface area contributed by atoms with E-state index in [0.717, 1.165) is 16.9 Å². The Morgan fingerprint density at radius 3 is 2.70 bits per heavy atom. The Morgan fingerprint density at radius 1 is 1.30 bits per heavy atom. The Hall–Kier alpha value is -2.51. The summed E-state index contributed by atoms with van der Waals surface area (Å²) < 4.78 is 1.63. The molecule has 0 bridgehead atoms. The molecule has 0 fully saturated rings. The fraction of sp³-hybridized carbons (Fsp3) is 0.188. The van der Waals surface area contributed by atoms with E-state index in [2.05, 4.69) is 10.1 Å². The zero-order chi connectivity index (χ0) is 16.4. The molecule has 118 valence electrons. The topological polar surface area (TPSA) is 88.2 Å². The Kier molecular flexibility index (Phi) is 4.22. The molecule has 1 aromatic carbocycles. The van der Waals surface area contributed by atoms with Crippen molar-refractivity contribution in [3.8, 4) is 10.7 Å². The van der Waals surface area contributed by atoms with E-state index in [-0.39, 0.29) is 4.88 Å². The third-order valence-corrected chi connectivity index (χ3v) is 4.56. The van der Waals surface area contributed by atoms with Crippen LogP contribution in [0.5, 0.6) is 0 Å². The SMILES string of the molecule is Cc1nc(-c2ccn(CC(O)c3ccccc3)n2)sc1C(=O)O. The number of aromatic nitrogens is 3. The molecule has 0 spiro atoms. The molecule has 0 saturated carbocycles. The number of carboxylic acid groups (broad SMARTS) is 1. The van der Waals surface area contributed by atoms with Crippen molar-refractivity contribution in [2.75, 3.05) is 0 Å². The number of aliphatic hydroxyl groups is 1. The van der Waals surface area contributed by atoms with Gasteiger partial charge in [0.05, 0.1) is 18.3 Å². The van der Waals surface area contributed by atoms with Crippen LogP contribution >= 0.6 is 11.3 Å². The Morgan fingerprint density at radius 2 is 2.04 bits per heavy atom. The second-order valence-corrected chi connectivity index (χ2v) is 6.09. The predicted octanol–water partition coefficient (Wildman–Crippen LogP) is 2.75. The summed E-state index contributed by atoms with van der Waals surface area (Å²) in [7, 11) is 0. The fourth-order valence-corrected chi connectivity index (χ4v) is 3.11. The van der Waals surface area contributed by atoms with Crippen molar-refractivity contribution in [1.29, 1.82) is 0 Å². The number of thiazole rings is 1. The quantitative estimate of drug-likeness (QED) is 0.751. The molecular weight excluding hydrogens is 314 g/mol. The average Bonchev–Trinajstić information content (AvgIpc) is 3.14. The maximum Gasteiger partial charge on any atom is 0.347 e. The number of carbonyl (C=O) groups is 1. The maximum absolute atomic E-state index is 11.1. The average molecular weight is 329 g/mol. The zero-order valence-corrected chi connectivity index (χ0v) is 13.2. The molecule has 2 aromatic heterocycles. The number of hydrogen-bond acceptors (Lipinski definition) is 5. The van der Waals surface area contributed by atoms with Crippen LogP contribution in [0.2, 0.25) is 0 Å². The Balaban J connectivity index is 1.78. The maximum atomic E-state index is 11.1. The highest BCUT2D eigenvalue weighted by Gasteiger charge is 2.17. The van der Waals surface area contributed by atoms with Crippen LogP contribution in [-0.4, -0.2) is 30.9 Å². The Labute approximate surface area is 136 Å². The smallest absolute Gasteiger partial charge is 0.347 e. The van der Waals surface area contributed by atoms with Gasteiger partial charge in [0.1, 0.15) is 15.6 Å². The number of aliphatic hydroxyl groups excluding tert-OH is 1. The van der Waals surface area contributed by atoms with E-state index in [1.54, 1.807) is 23.9 Å². The number of carboxylic acids is 1. The second-order valence-electron chi connectivity index (χ2n) is 5.09. The summed E-state index contributed by atoms with van der Waals surface area (Å²) in [5.74, 6) is -0.981. The lowest BCUT2D eigenvalue weighted by Gasteiger charge is -2.10. The van der Waals surface area contributed by atoms with Gasteiger partial charge in [0.2, 0.25) is 0 Å². The number of aryl methyl sites for hydroxylation is 1. The molecule has 6 nitrogen and oxygen atoms in total. The Bertz CT molecular complexity index is 826. The number of hydrogen-bond donors (Lipinski definition) is 2. The minimum atomic E-state index is -0.981. The molecule has 2 N–H and O–H groups in total. The molecule has 1 unspecified atom stereocenters. The molecule has 0 radical (unpaired) electrons. The van der Waals surface area contributed by atoms with Gasteiger partial charge >= 0.3 is 5.97 Å². The third kappa shape index (κ3) is 3.30. The van der Waals surface area contributed by atoms with Crippen molar-refractivity contribution in [3.05, 3.63) is 58.7 Å².